The van der Waals surface area contributed by atoms with Crippen LogP contribution in [0, 0.1) is 11.3 Å². The molecule has 0 saturated carbocycles. The van der Waals surface area contributed by atoms with E-state index in [0.29, 0.717) is 10.0 Å². The van der Waals surface area contributed by atoms with Crippen LogP contribution in [0.3, 0.4) is 0 Å². The summed E-state index contributed by atoms with van der Waals surface area (Å²) in [7, 11) is 0. The lowest BCUT2D eigenvalue weighted by Crippen LogP contribution is -1.90. The maximum Gasteiger partial charge on any atom is 0.130 e. The third kappa shape index (κ3) is 1.48. The van der Waals surface area contributed by atoms with Crippen LogP contribution in [0.1, 0.15) is 31.0 Å². The maximum atomic E-state index is 9.61. The van der Waals surface area contributed by atoms with E-state index in [4.69, 9.17) is 0 Å². The molecule has 1 aromatic heterocycles. The molecule has 0 unspecified atom stereocenters. The minimum absolute atomic E-state index is 0.151. The Morgan fingerprint density at radius 1 is 1.44 bits per heavy atom. The van der Waals surface area contributed by atoms with E-state index < -0.39 is 0 Å². The monoisotopic (exact) mass is 278 g/mol. The summed E-state index contributed by atoms with van der Waals surface area (Å²) in [6.07, 6.45) is 0. The second kappa shape index (κ2) is 3.84. The molecule has 0 aliphatic heterocycles. The minimum atomic E-state index is 0.151. The molecule has 2 rings (SSSR count). The number of H-pyrrole nitrogens is 1. The number of nitriles is 1. The summed E-state index contributed by atoms with van der Waals surface area (Å²) >= 11 is 3.31. The zero-order chi connectivity index (χ0) is 11.9. The Hall–Kier alpha value is -1.47. The molecule has 0 aliphatic rings. The number of nitrogens with one attached hydrogen (secondary N) is 1. The number of phenolic OH excluding ortho intramolecular Hbond substituents is 1. The van der Waals surface area contributed by atoms with Crippen molar-refractivity contribution < 1.29 is 5.11 Å². The second-order valence-corrected chi connectivity index (χ2v) is 4.79. The maximum absolute atomic E-state index is 9.61. The molecule has 2 aromatic rings. The molecule has 0 fully saturated rings. The first-order chi connectivity index (χ1) is 7.56. The van der Waals surface area contributed by atoms with Gasteiger partial charge in [-0.3, -0.25) is 0 Å². The Labute approximate surface area is 102 Å². The van der Waals surface area contributed by atoms with E-state index in [9.17, 15) is 10.4 Å². The van der Waals surface area contributed by atoms with Crippen molar-refractivity contribution >= 4 is 26.8 Å². The zero-order valence-corrected chi connectivity index (χ0v) is 10.6. The standard InChI is InChI=1S/C12H11BrN2O/c1-6(2)12-7(5-14)10-8(15-12)3-4-9(16)11(10)13/h3-4,6,15-16H,1-2H3. The van der Waals surface area contributed by atoms with Crippen molar-refractivity contribution in [2.24, 2.45) is 0 Å². The Morgan fingerprint density at radius 2 is 2.12 bits per heavy atom. The Bertz CT molecular complexity index is 593. The number of benzene rings is 1. The number of rotatable bonds is 1. The molecule has 0 saturated heterocycles. The molecule has 0 amide bonds. The van der Waals surface area contributed by atoms with Gasteiger partial charge in [-0.25, -0.2) is 0 Å². The van der Waals surface area contributed by atoms with Gasteiger partial charge in [-0.1, -0.05) is 13.8 Å². The minimum Gasteiger partial charge on any atom is -0.507 e. The summed E-state index contributed by atoms with van der Waals surface area (Å²) in [5, 5.41) is 19.6. The van der Waals surface area contributed by atoms with Crippen LogP contribution in [0.2, 0.25) is 0 Å². The van der Waals surface area contributed by atoms with Crippen molar-refractivity contribution in [3.8, 4) is 11.8 Å². The van der Waals surface area contributed by atoms with Crippen LogP contribution in [0.5, 0.6) is 5.75 Å². The fourth-order valence-corrected chi connectivity index (χ4v) is 2.35. The summed E-state index contributed by atoms with van der Waals surface area (Å²) in [6, 6.07) is 5.58. The quantitative estimate of drug-likeness (QED) is 0.837. The Balaban J connectivity index is 2.91. The fraction of sp³-hybridized carbons (Fsp3) is 0.250. The number of aromatic nitrogens is 1. The molecule has 16 heavy (non-hydrogen) atoms. The molecule has 0 atom stereocenters. The topological polar surface area (TPSA) is 59.8 Å². The highest BCUT2D eigenvalue weighted by molar-refractivity contribution is 9.10. The normalized spacial score (nSPS) is 10.9. The molecule has 0 aliphatic carbocycles. The van der Waals surface area contributed by atoms with Crippen LogP contribution >= 0.6 is 15.9 Å². The number of aromatic amines is 1. The molecular weight excluding hydrogens is 268 g/mol. The van der Waals surface area contributed by atoms with Crippen molar-refractivity contribution in [3.05, 3.63) is 27.9 Å². The van der Waals surface area contributed by atoms with Gasteiger partial charge in [0.05, 0.1) is 10.0 Å². The summed E-state index contributed by atoms with van der Waals surface area (Å²) < 4.78 is 0.574. The number of phenols is 1. The first-order valence-corrected chi connectivity index (χ1v) is 5.78. The van der Waals surface area contributed by atoms with E-state index in [2.05, 4.69) is 27.0 Å². The highest BCUT2D eigenvalue weighted by Crippen LogP contribution is 2.37. The third-order valence-corrected chi connectivity index (χ3v) is 3.40. The van der Waals surface area contributed by atoms with Gasteiger partial charge < -0.3 is 10.1 Å². The number of nitrogens with zero attached hydrogens (tertiary/aromatic N) is 1. The van der Waals surface area contributed by atoms with Gasteiger partial charge in [0, 0.05) is 16.6 Å². The van der Waals surface area contributed by atoms with E-state index in [0.717, 1.165) is 16.6 Å². The first-order valence-electron chi connectivity index (χ1n) is 4.99. The first kappa shape index (κ1) is 11.0. The molecule has 0 spiro atoms. The van der Waals surface area contributed by atoms with Gasteiger partial charge in [0.15, 0.2) is 0 Å². The number of hydrogen-bond acceptors (Lipinski definition) is 2. The average molecular weight is 279 g/mol. The molecule has 0 bridgehead atoms. The van der Waals surface area contributed by atoms with Crippen molar-refractivity contribution in [1.29, 1.82) is 5.26 Å². The number of fused-ring (bicyclic) bond motifs is 1. The van der Waals surface area contributed by atoms with Crippen molar-refractivity contribution in [3.63, 3.8) is 0 Å². The molecule has 0 radical (unpaired) electrons. The second-order valence-electron chi connectivity index (χ2n) is 4.00. The number of halogens is 1. The van der Waals surface area contributed by atoms with Gasteiger partial charge in [-0.05, 0) is 34.0 Å². The number of aromatic hydroxyl groups is 1. The van der Waals surface area contributed by atoms with Gasteiger partial charge in [-0.2, -0.15) is 5.26 Å². The van der Waals surface area contributed by atoms with Crippen molar-refractivity contribution in [2.45, 2.75) is 19.8 Å². The SMILES string of the molecule is CC(C)c1[nH]c2ccc(O)c(Br)c2c1C#N. The highest BCUT2D eigenvalue weighted by Gasteiger charge is 2.17. The molecule has 2 N–H and O–H groups in total. The molecule has 82 valence electrons. The summed E-state index contributed by atoms with van der Waals surface area (Å²) in [4.78, 5) is 3.22. The summed E-state index contributed by atoms with van der Waals surface area (Å²) in [6.45, 7) is 4.05. The van der Waals surface area contributed by atoms with Gasteiger partial charge in [0.2, 0.25) is 0 Å². The predicted molar refractivity (Wildman–Crippen MR) is 66.5 cm³/mol. The lowest BCUT2D eigenvalue weighted by Gasteiger charge is -2.01. The van der Waals surface area contributed by atoms with Gasteiger partial charge in [-0.15, -0.1) is 0 Å². The van der Waals surface area contributed by atoms with E-state index in [-0.39, 0.29) is 11.7 Å². The van der Waals surface area contributed by atoms with E-state index in [1.54, 1.807) is 12.1 Å². The third-order valence-electron chi connectivity index (χ3n) is 2.60. The molecular formula is C12H11BrN2O. The van der Waals surface area contributed by atoms with Crippen LogP contribution in [-0.4, -0.2) is 10.1 Å². The molecule has 3 nitrogen and oxygen atoms in total. The zero-order valence-electron chi connectivity index (χ0n) is 9.00. The predicted octanol–water partition coefficient (Wildman–Crippen LogP) is 3.63. The van der Waals surface area contributed by atoms with E-state index >= 15 is 0 Å². The Kier molecular flexibility index (Phi) is 2.64. The van der Waals surface area contributed by atoms with Crippen molar-refractivity contribution in [1.82, 2.24) is 4.98 Å². The van der Waals surface area contributed by atoms with Crippen LogP contribution in [0.15, 0.2) is 16.6 Å². The van der Waals surface area contributed by atoms with E-state index in [1.165, 1.54) is 0 Å². The number of hydrogen-bond donors (Lipinski definition) is 2. The molecule has 4 heteroatoms. The van der Waals surface area contributed by atoms with Crippen molar-refractivity contribution in [2.75, 3.05) is 0 Å². The van der Waals surface area contributed by atoms with Crippen LogP contribution in [0.25, 0.3) is 10.9 Å². The largest absolute Gasteiger partial charge is 0.507 e. The highest BCUT2D eigenvalue weighted by atomic mass is 79.9. The van der Waals surface area contributed by atoms with Gasteiger partial charge in [0.25, 0.3) is 0 Å². The smallest absolute Gasteiger partial charge is 0.130 e. The van der Waals surface area contributed by atoms with Crippen LogP contribution < -0.4 is 0 Å². The lowest BCUT2D eigenvalue weighted by atomic mass is 10.0. The lowest BCUT2D eigenvalue weighted by molar-refractivity contribution is 0.473. The Morgan fingerprint density at radius 3 is 2.69 bits per heavy atom. The van der Waals surface area contributed by atoms with Gasteiger partial charge in [0.1, 0.15) is 11.8 Å². The average Bonchev–Trinajstić information content (AvgIpc) is 2.62. The van der Waals surface area contributed by atoms with Crippen LogP contribution in [-0.2, 0) is 0 Å². The molecule has 1 heterocycles. The summed E-state index contributed by atoms with van der Waals surface area (Å²) in [5.41, 5.74) is 2.38. The van der Waals surface area contributed by atoms with Gasteiger partial charge >= 0.3 is 0 Å². The summed E-state index contributed by atoms with van der Waals surface area (Å²) in [5.74, 6) is 0.398. The van der Waals surface area contributed by atoms with E-state index in [1.807, 2.05) is 13.8 Å². The fourth-order valence-electron chi connectivity index (χ4n) is 1.81. The van der Waals surface area contributed by atoms with Crippen LogP contribution in [0.4, 0.5) is 0 Å². The molecule has 1 aromatic carbocycles.